The van der Waals surface area contributed by atoms with Crippen LogP contribution in [-0.4, -0.2) is 62.6 Å². The first-order chi connectivity index (χ1) is 16.1. The molecule has 0 aliphatic carbocycles. The van der Waals surface area contributed by atoms with E-state index in [4.69, 9.17) is 4.98 Å². The molecule has 1 N–H and O–H groups in total. The Labute approximate surface area is 191 Å². The molecule has 2 bridgehead atoms. The van der Waals surface area contributed by atoms with E-state index in [2.05, 4.69) is 25.2 Å². The number of hydrogen-bond donors (Lipinski definition) is 1. The van der Waals surface area contributed by atoms with Gasteiger partial charge in [-0.1, -0.05) is 0 Å². The van der Waals surface area contributed by atoms with Gasteiger partial charge < -0.3 is 15.1 Å². The fraction of sp³-hybridized carbons (Fsp3) is 0.500. The van der Waals surface area contributed by atoms with Gasteiger partial charge in [0.25, 0.3) is 5.91 Å². The van der Waals surface area contributed by atoms with E-state index in [0.29, 0.717) is 17.1 Å². The zero-order valence-electron chi connectivity index (χ0n) is 18.7. The van der Waals surface area contributed by atoms with E-state index in [1.54, 1.807) is 16.8 Å². The second-order valence-corrected chi connectivity index (χ2v) is 9.51. The van der Waals surface area contributed by atoms with Crippen LogP contribution in [0.3, 0.4) is 0 Å². The molecule has 33 heavy (non-hydrogen) atoms. The third-order valence-corrected chi connectivity index (χ3v) is 7.57. The first-order valence-corrected chi connectivity index (χ1v) is 11.8. The predicted molar refractivity (Wildman–Crippen MR) is 122 cm³/mol. The summed E-state index contributed by atoms with van der Waals surface area (Å²) in [7, 11) is 0. The molecule has 3 aromatic rings. The first kappa shape index (κ1) is 20.5. The quantitative estimate of drug-likeness (QED) is 0.660. The molecule has 2 atom stereocenters. The van der Waals surface area contributed by atoms with Crippen LogP contribution in [0.1, 0.15) is 53.3 Å². The van der Waals surface area contributed by atoms with E-state index < -0.39 is 0 Å². The lowest BCUT2D eigenvalue weighted by molar-refractivity contribution is 0.0621. The molecule has 4 aliphatic rings. The Morgan fingerprint density at radius 1 is 1.18 bits per heavy atom. The van der Waals surface area contributed by atoms with Crippen molar-refractivity contribution in [2.24, 2.45) is 5.92 Å². The van der Waals surface area contributed by atoms with Crippen molar-refractivity contribution in [1.82, 2.24) is 29.8 Å². The minimum Gasteiger partial charge on any atom is -0.349 e. The topological polar surface area (TPSA) is 78.7 Å². The second kappa shape index (κ2) is 8.06. The van der Waals surface area contributed by atoms with Crippen molar-refractivity contribution in [2.45, 2.75) is 44.7 Å². The molecule has 0 spiro atoms. The van der Waals surface area contributed by atoms with Gasteiger partial charge in [-0.05, 0) is 69.3 Å². The van der Waals surface area contributed by atoms with Crippen molar-refractivity contribution in [1.29, 1.82) is 0 Å². The predicted octanol–water partition coefficient (Wildman–Crippen LogP) is 2.74. The zero-order valence-corrected chi connectivity index (χ0v) is 18.7. The summed E-state index contributed by atoms with van der Waals surface area (Å²) in [4.78, 5) is 26.8. The Balaban J connectivity index is 1.28. The summed E-state index contributed by atoms with van der Waals surface area (Å²) in [6.07, 6.45) is 8.89. The second-order valence-electron chi connectivity index (χ2n) is 9.51. The highest BCUT2D eigenvalue weighted by Crippen LogP contribution is 2.36. The van der Waals surface area contributed by atoms with Crippen LogP contribution >= 0.6 is 0 Å². The largest absolute Gasteiger partial charge is 0.349 e. The molecule has 7 heterocycles. The number of rotatable bonds is 4. The third kappa shape index (κ3) is 3.64. The standard InChI is InChI=1S/C24H28FN7O/c1-15-18(11-17(25)12-26-15)21-3-2-7-31(21)22-6-10-32-23(29-22)19(13-27-32)24(33)28-20-14-30-8-4-16(20)5-9-30/h6,10-13,16,20-21H,2-5,7-9,14H2,1H3,(H,28,33)/t20-,21-/m1/s1. The number of piperidine rings is 3. The number of aryl methyl sites for hydroxylation is 1. The summed E-state index contributed by atoms with van der Waals surface area (Å²) in [5, 5.41) is 7.60. The lowest BCUT2D eigenvalue weighted by Crippen LogP contribution is -2.57. The average Bonchev–Trinajstić information content (AvgIpc) is 3.48. The summed E-state index contributed by atoms with van der Waals surface area (Å²) >= 11 is 0. The van der Waals surface area contributed by atoms with Crippen LogP contribution in [-0.2, 0) is 0 Å². The van der Waals surface area contributed by atoms with Gasteiger partial charge in [0, 0.05) is 31.0 Å². The van der Waals surface area contributed by atoms with Gasteiger partial charge in [-0.3, -0.25) is 9.78 Å². The van der Waals surface area contributed by atoms with Crippen LogP contribution in [0.25, 0.3) is 5.65 Å². The van der Waals surface area contributed by atoms with Crippen molar-refractivity contribution in [2.75, 3.05) is 31.1 Å². The van der Waals surface area contributed by atoms with Crippen molar-refractivity contribution in [3.05, 3.63) is 53.4 Å². The minimum atomic E-state index is -0.326. The van der Waals surface area contributed by atoms with Gasteiger partial charge in [-0.15, -0.1) is 0 Å². The Hall–Kier alpha value is -3.07. The van der Waals surface area contributed by atoms with Crippen LogP contribution < -0.4 is 10.2 Å². The van der Waals surface area contributed by atoms with Gasteiger partial charge in [-0.25, -0.2) is 13.9 Å². The van der Waals surface area contributed by atoms with Gasteiger partial charge in [0.05, 0.1) is 18.4 Å². The highest BCUT2D eigenvalue weighted by molar-refractivity contribution is 6.00. The Bertz CT molecular complexity index is 1200. The lowest BCUT2D eigenvalue weighted by atomic mass is 9.84. The van der Waals surface area contributed by atoms with E-state index in [9.17, 15) is 9.18 Å². The molecule has 0 unspecified atom stereocenters. The summed E-state index contributed by atoms with van der Waals surface area (Å²) in [5.41, 5.74) is 2.76. The van der Waals surface area contributed by atoms with Gasteiger partial charge in [-0.2, -0.15) is 5.10 Å². The van der Waals surface area contributed by atoms with Crippen molar-refractivity contribution in [3.8, 4) is 0 Å². The summed E-state index contributed by atoms with van der Waals surface area (Å²) < 4.78 is 15.6. The molecule has 3 aromatic heterocycles. The number of nitrogens with one attached hydrogen (secondary N) is 1. The van der Waals surface area contributed by atoms with Crippen molar-refractivity contribution in [3.63, 3.8) is 0 Å². The lowest BCUT2D eigenvalue weighted by Gasteiger charge is -2.44. The molecule has 172 valence electrons. The Morgan fingerprint density at radius 2 is 2.03 bits per heavy atom. The number of carbonyl (C=O) groups is 1. The monoisotopic (exact) mass is 449 g/mol. The summed E-state index contributed by atoms with van der Waals surface area (Å²) in [6, 6.07) is 3.69. The van der Waals surface area contributed by atoms with Crippen molar-refractivity contribution >= 4 is 17.4 Å². The van der Waals surface area contributed by atoms with Gasteiger partial charge >= 0.3 is 0 Å². The van der Waals surface area contributed by atoms with Gasteiger partial charge in [0.15, 0.2) is 5.65 Å². The molecule has 1 amide bonds. The number of nitrogens with zero attached hydrogens (tertiary/aromatic N) is 6. The van der Waals surface area contributed by atoms with Crippen LogP contribution in [0, 0.1) is 18.7 Å². The highest BCUT2D eigenvalue weighted by Gasteiger charge is 2.35. The molecular weight excluding hydrogens is 421 g/mol. The molecular formula is C24H28FN7O. The number of pyridine rings is 1. The molecule has 4 fully saturated rings. The number of fused-ring (bicyclic) bond motifs is 4. The number of halogens is 1. The van der Waals surface area contributed by atoms with Gasteiger partial charge in [0.1, 0.15) is 17.2 Å². The first-order valence-electron chi connectivity index (χ1n) is 11.8. The fourth-order valence-corrected chi connectivity index (χ4v) is 5.78. The van der Waals surface area contributed by atoms with Crippen LogP contribution in [0.15, 0.2) is 30.7 Å². The molecule has 7 rings (SSSR count). The number of amides is 1. The SMILES string of the molecule is Cc1ncc(F)cc1[C@H]1CCCN1c1ccn2ncc(C(=O)N[C@@H]3CN4CCC3CC4)c2n1. The Kier molecular flexibility index (Phi) is 5.01. The van der Waals surface area contributed by atoms with E-state index in [1.165, 1.54) is 6.20 Å². The maximum Gasteiger partial charge on any atom is 0.257 e. The van der Waals surface area contributed by atoms with E-state index in [-0.39, 0.29) is 23.8 Å². The zero-order chi connectivity index (χ0) is 22.5. The smallest absolute Gasteiger partial charge is 0.257 e. The number of aromatic nitrogens is 4. The summed E-state index contributed by atoms with van der Waals surface area (Å²) in [5.74, 6) is 0.883. The molecule has 4 saturated heterocycles. The third-order valence-electron chi connectivity index (χ3n) is 7.57. The van der Waals surface area contributed by atoms with Crippen molar-refractivity contribution < 1.29 is 9.18 Å². The fourth-order valence-electron chi connectivity index (χ4n) is 5.78. The number of hydrogen-bond acceptors (Lipinski definition) is 6. The molecule has 0 aromatic carbocycles. The van der Waals surface area contributed by atoms with E-state index in [1.807, 2.05) is 19.2 Å². The maximum atomic E-state index is 13.9. The molecule has 4 aliphatic heterocycles. The van der Waals surface area contributed by atoms with Crippen LogP contribution in [0.4, 0.5) is 10.2 Å². The molecule has 0 radical (unpaired) electrons. The molecule has 0 saturated carbocycles. The Morgan fingerprint density at radius 3 is 2.82 bits per heavy atom. The summed E-state index contributed by atoms with van der Waals surface area (Å²) in [6.45, 7) is 5.92. The number of carbonyl (C=O) groups excluding carboxylic acids is 1. The van der Waals surface area contributed by atoms with E-state index >= 15 is 0 Å². The minimum absolute atomic E-state index is 0.00943. The normalized spacial score (nSPS) is 26.8. The van der Waals surface area contributed by atoms with E-state index in [0.717, 1.165) is 68.9 Å². The maximum absolute atomic E-state index is 13.9. The van der Waals surface area contributed by atoms with Gasteiger partial charge in [0.2, 0.25) is 0 Å². The molecule has 8 nitrogen and oxygen atoms in total. The van der Waals surface area contributed by atoms with Crippen LogP contribution in [0.5, 0.6) is 0 Å². The van der Waals surface area contributed by atoms with Crippen LogP contribution in [0.2, 0.25) is 0 Å². The highest BCUT2D eigenvalue weighted by atomic mass is 19.1. The molecule has 9 heteroatoms. The average molecular weight is 450 g/mol. The number of anilines is 1.